The molecule has 0 aliphatic heterocycles. The van der Waals surface area contributed by atoms with Crippen LogP contribution in [0.1, 0.15) is 36.5 Å². The number of hydrogen-bond acceptors (Lipinski definition) is 2. The fourth-order valence-corrected chi connectivity index (χ4v) is 1.98. The highest BCUT2D eigenvalue weighted by Crippen LogP contribution is 2.26. The number of rotatable bonds is 4. The summed E-state index contributed by atoms with van der Waals surface area (Å²) in [5.74, 6) is 0.703. The van der Waals surface area contributed by atoms with Crippen LogP contribution in [0.5, 0.6) is 5.75 Å². The van der Waals surface area contributed by atoms with Crippen LogP contribution in [0.15, 0.2) is 42.5 Å². The summed E-state index contributed by atoms with van der Waals surface area (Å²) in [6.07, 6.45) is 0. The number of hydrogen-bond donors (Lipinski definition) is 0. The van der Waals surface area contributed by atoms with Gasteiger partial charge in [-0.15, -0.1) is 0 Å². The Bertz CT molecular complexity index is 644. The van der Waals surface area contributed by atoms with E-state index in [1.54, 1.807) is 12.1 Å². The molecule has 0 atom stereocenters. The maximum Gasteiger partial charge on any atom is 0.131 e. The quantitative estimate of drug-likeness (QED) is 0.824. The van der Waals surface area contributed by atoms with E-state index in [0.717, 1.165) is 11.3 Å². The molecule has 0 fully saturated rings. The monoisotopic (exact) mass is 269 g/mol. The fraction of sp³-hybridized carbons (Fsp3) is 0.235. The molecule has 2 rings (SSSR count). The molecule has 2 aromatic rings. The average Bonchev–Trinajstić information content (AvgIpc) is 2.46. The second-order valence-corrected chi connectivity index (χ2v) is 4.90. The van der Waals surface area contributed by atoms with Gasteiger partial charge in [-0.2, -0.15) is 5.26 Å². The van der Waals surface area contributed by atoms with Crippen molar-refractivity contribution in [2.45, 2.75) is 26.4 Å². The largest absolute Gasteiger partial charge is 0.489 e. The Hall–Kier alpha value is -2.34. The van der Waals surface area contributed by atoms with E-state index >= 15 is 0 Å². The van der Waals surface area contributed by atoms with Crippen LogP contribution in [0.25, 0.3) is 0 Å². The highest BCUT2D eigenvalue weighted by atomic mass is 19.1. The van der Waals surface area contributed by atoms with Crippen LogP contribution in [-0.2, 0) is 6.61 Å². The second-order valence-electron chi connectivity index (χ2n) is 4.90. The van der Waals surface area contributed by atoms with Crippen molar-refractivity contribution >= 4 is 0 Å². The van der Waals surface area contributed by atoms with E-state index in [1.807, 2.05) is 30.3 Å². The lowest BCUT2D eigenvalue weighted by molar-refractivity contribution is 0.295. The molecule has 0 radical (unpaired) electrons. The van der Waals surface area contributed by atoms with Crippen molar-refractivity contribution in [3.63, 3.8) is 0 Å². The third-order valence-corrected chi connectivity index (χ3v) is 3.11. The Morgan fingerprint density at radius 2 is 1.95 bits per heavy atom. The molecule has 2 nitrogen and oxygen atoms in total. The van der Waals surface area contributed by atoms with Crippen molar-refractivity contribution in [1.82, 2.24) is 0 Å². The Morgan fingerprint density at radius 3 is 2.60 bits per heavy atom. The van der Waals surface area contributed by atoms with Crippen LogP contribution in [0.4, 0.5) is 4.39 Å². The highest BCUT2D eigenvalue weighted by molar-refractivity contribution is 5.36. The molecular weight excluding hydrogens is 253 g/mol. The molecule has 0 bridgehead atoms. The number of nitriles is 1. The molecule has 102 valence electrons. The summed E-state index contributed by atoms with van der Waals surface area (Å²) in [4.78, 5) is 0. The standard InChI is InChI=1S/C17H16FNO/c1-12(2)15-5-3-4-6-17(15)20-11-14-8-7-13(10-19)9-16(14)18/h3-9,12H,11H2,1-2H3. The highest BCUT2D eigenvalue weighted by Gasteiger charge is 2.09. The third kappa shape index (κ3) is 3.16. The van der Waals surface area contributed by atoms with Crippen LogP contribution >= 0.6 is 0 Å². The summed E-state index contributed by atoms with van der Waals surface area (Å²) in [6, 6.07) is 14.1. The molecule has 20 heavy (non-hydrogen) atoms. The van der Waals surface area contributed by atoms with E-state index in [4.69, 9.17) is 10.00 Å². The Kier molecular flexibility index (Phi) is 4.37. The van der Waals surface area contributed by atoms with E-state index in [0.29, 0.717) is 17.0 Å². The first-order valence-corrected chi connectivity index (χ1v) is 6.52. The summed E-state index contributed by atoms with van der Waals surface area (Å²) < 4.78 is 19.5. The van der Waals surface area contributed by atoms with Gasteiger partial charge in [-0.1, -0.05) is 38.1 Å². The zero-order valence-electron chi connectivity index (χ0n) is 11.6. The van der Waals surface area contributed by atoms with Crippen LogP contribution in [0.2, 0.25) is 0 Å². The number of ether oxygens (including phenoxy) is 1. The molecule has 0 heterocycles. The molecule has 0 N–H and O–H groups in total. The van der Waals surface area contributed by atoms with Gasteiger partial charge in [0.05, 0.1) is 11.6 Å². The van der Waals surface area contributed by atoms with Gasteiger partial charge in [0.1, 0.15) is 18.2 Å². The topological polar surface area (TPSA) is 33.0 Å². The lowest BCUT2D eigenvalue weighted by Crippen LogP contribution is -2.02. The summed E-state index contributed by atoms with van der Waals surface area (Å²) in [5.41, 5.74) is 1.86. The fourth-order valence-electron chi connectivity index (χ4n) is 1.98. The predicted molar refractivity (Wildman–Crippen MR) is 76.0 cm³/mol. The van der Waals surface area contributed by atoms with Gasteiger partial charge in [0.25, 0.3) is 0 Å². The molecule has 0 spiro atoms. The van der Waals surface area contributed by atoms with Gasteiger partial charge in [0.2, 0.25) is 0 Å². The van der Waals surface area contributed by atoms with Gasteiger partial charge in [0, 0.05) is 5.56 Å². The van der Waals surface area contributed by atoms with Gasteiger partial charge >= 0.3 is 0 Å². The average molecular weight is 269 g/mol. The van der Waals surface area contributed by atoms with Gasteiger partial charge in [-0.05, 0) is 29.7 Å². The van der Waals surface area contributed by atoms with E-state index < -0.39 is 5.82 Å². The summed E-state index contributed by atoms with van der Waals surface area (Å²) >= 11 is 0. The zero-order valence-corrected chi connectivity index (χ0v) is 11.6. The van der Waals surface area contributed by atoms with E-state index in [9.17, 15) is 4.39 Å². The molecule has 2 aromatic carbocycles. The first-order valence-electron chi connectivity index (χ1n) is 6.52. The molecule has 0 saturated carbocycles. The number of benzene rings is 2. The Morgan fingerprint density at radius 1 is 1.20 bits per heavy atom. The molecular formula is C17H16FNO. The third-order valence-electron chi connectivity index (χ3n) is 3.11. The first kappa shape index (κ1) is 14.1. The van der Waals surface area contributed by atoms with Crippen molar-refractivity contribution in [1.29, 1.82) is 5.26 Å². The molecule has 0 aromatic heterocycles. The van der Waals surface area contributed by atoms with Crippen LogP contribution in [-0.4, -0.2) is 0 Å². The van der Waals surface area contributed by atoms with Gasteiger partial charge in [0.15, 0.2) is 0 Å². The normalized spacial score (nSPS) is 10.3. The van der Waals surface area contributed by atoms with Gasteiger partial charge in [-0.3, -0.25) is 0 Å². The summed E-state index contributed by atoms with van der Waals surface area (Å²) in [5, 5.41) is 8.71. The smallest absolute Gasteiger partial charge is 0.131 e. The molecule has 0 amide bonds. The van der Waals surface area contributed by atoms with E-state index in [-0.39, 0.29) is 6.61 Å². The van der Waals surface area contributed by atoms with Crippen LogP contribution < -0.4 is 4.74 Å². The van der Waals surface area contributed by atoms with Crippen molar-refractivity contribution in [2.75, 3.05) is 0 Å². The molecule has 3 heteroatoms. The minimum Gasteiger partial charge on any atom is -0.489 e. The molecule has 0 saturated heterocycles. The zero-order chi connectivity index (χ0) is 14.5. The molecule has 0 aliphatic rings. The summed E-state index contributed by atoms with van der Waals surface area (Å²) in [7, 11) is 0. The molecule has 0 aliphatic carbocycles. The van der Waals surface area contributed by atoms with E-state index in [1.165, 1.54) is 6.07 Å². The van der Waals surface area contributed by atoms with Crippen molar-refractivity contribution in [3.05, 3.63) is 65.0 Å². The Labute approximate surface area is 118 Å². The first-order chi connectivity index (χ1) is 9.61. The minimum atomic E-state index is -0.411. The van der Waals surface area contributed by atoms with Crippen molar-refractivity contribution < 1.29 is 9.13 Å². The lowest BCUT2D eigenvalue weighted by atomic mass is 10.0. The predicted octanol–water partition coefficient (Wildman–Crippen LogP) is 4.40. The summed E-state index contributed by atoms with van der Waals surface area (Å²) in [6.45, 7) is 4.33. The van der Waals surface area contributed by atoms with Crippen LogP contribution in [0.3, 0.4) is 0 Å². The second kappa shape index (κ2) is 6.21. The molecule has 0 unspecified atom stereocenters. The SMILES string of the molecule is CC(C)c1ccccc1OCc1ccc(C#N)cc1F. The number of para-hydroxylation sites is 1. The number of halogens is 1. The Balaban J connectivity index is 2.15. The maximum absolute atomic E-state index is 13.8. The minimum absolute atomic E-state index is 0.154. The van der Waals surface area contributed by atoms with Gasteiger partial charge < -0.3 is 4.74 Å². The van der Waals surface area contributed by atoms with Crippen molar-refractivity contribution in [3.8, 4) is 11.8 Å². The van der Waals surface area contributed by atoms with Gasteiger partial charge in [-0.25, -0.2) is 4.39 Å². The maximum atomic E-state index is 13.8. The van der Waals surface area contributed by atoms with Crippen LogP contribution in [0, 0.1) is 17.1 Å². The number of nitrogens with zero attached hydrogens (tertiary/aromatic N) is 1. The lowest BCUT2D eigenvalue weighted by Gasteiger charge is -2.14. The van der Waals surface area contributed by atoms with E-state index in [2.05, 4.69) is 13.8 Å². The van der Waals surface area contributed by atoms with Crippen molar-refractivity contribution in [2.24, 2.45) is 0 Å².